The van der Waals surface area contributed by atoms with Crippen LogP contribution in [0.4, 0.5) is 0 Å². The van der Waals surface area contributed by atoms with Gasteiger partial charge in [-0.05, 0) is 24.5 Å². The van der Waals surface area contributed by atoms with Crippen molar-refractivity contribution < 1.29 is 4.74 Å². The Hall–Kier alpha value is -1.58. The van der Waals surface area contributed by atoms with Gasteiger partial charge in [0.1, 0.15) is 17.3 Å². The Bertz CT molecular complexity index is 374. The summed E-state index contributed by atoms with van der Waals surface area (Å²) < 4.78 is 5.62. The molecule has 0 aromatic carbocycles. The molecule has 0 aliphatic heterocycles. The number of hydrogen-bond donors (Lipinski definition) is 2. The lowest BCUT2D eigenvalue weighted by Crippen LogP contribution is -2.17. The quantitative estimate of drug-likeness (QED) is 0.587. The summed E-state index contributed by atoms with van der Waals surface area (Å²) in [6.07, 6.45) is 6.73. The summed E-state index contributed by atoms with van der Waals surface area (Å²) in [5.74, 6) is 1.41. The summed E-state index contributed by atoms with van der Waals surface area (Å²) in [5, 5.41) is 7.38. The molecular formula is C12H17N3O. The van der Waals surface area contributed by atoms with Gasteiger partial charge in [-0.15, -0.1) is 0 Å². The Kier molecular flexibility index (Phi) is 3.39. The largest absolute Gasteiger partial charge is 0.491 e. The first-order chi connectivity index (χ1) is 7.77. The fraction of sp³-hybridized carbons (Fsp3) is 0.500. The molecule has 1 aromatic rings. The molecule has 1 aliphatic rings. The topological polar surface area (TPSA) is 72.0 Å². The Morgan fingerprint density at radius 1 is 1.56 bits per heavy atom. The van der Waals surface area contributed by atoms with Gasteiger partial charge >= 0.3 is 0 Å². The first kappa shape index (κ1) is 10.9. The molecule has 86 valence electrons. The van der Waals surface area contributed by atoms with Crippen molar-refractivity contribution in [2.75, 3.05) is 6.61 Å². The van der Waals surface area contributed by atoms with Crippen LogP contribution in [0.5, 0.6) is 5.75 Å². The van der Waals surface area contributed by atoms with E-state index in [1.807, 2.05) is 6.07 Å². The summed E-state index contributed by atoms with van der Waals surface area (Å²) in [7, 11) is 0. The van der Waals surface area contributed by atoms with E-state index in [-0.39, 0.29) is 5.84 Å². The maximum absolute atomic E-state index is 7.38. The van der Waals surface area contributed by atoms with Crippen LogP contribution in [0.1, 0.15) is 31.4 Å². The minimum Gasteiger partial charge on any atom is -0.491 e. The molecule has 1 heterocycles. The second kappa shape index (κ2) is 4.96. The minimum absolute atomic E-state index is 0.0424. The zero-order valence-electron chi connectivity index (χ0n) is 9.28. The average Bonchev–Trinajstić information content (AvgIpc) is 2.22. The van der Waals surface area contributed by atoms with Crippen molar-refractivity contribution in [2.24, 2.45) is 11.7 Å². The zero-order valence-corrected chi connectivity index (χ0v) is 9.28. The van der Waals surface area contributed by atoms with Crippen LogP contribution >= 0.6 is 0 Å². The summed E-state index contributed by atoms with van der Waals surface area (Å²) >= 11 is 0. The Morgan fingerprint density at radius 2 is 2.38 bits per heavy atom. The number of nitrogen functional groups attached to an aromatic ring is 1. The molecule has 1 saturated carbocycles. The van der Waals surface area contributed by atoms with Crippen molar-refractivity contribution in [3.63, 3.8) is 0 Å². The third kappa shape index (κ3) is 2.51. The van der Waals surface area contributed by atoms with E-state index < -0.39 is 0 Å². The van der Waals surface area contributed by atoms with Gasteiger partial charge in [-0.1, -0.05) is 19.3 Å². The second-order valence-corrected chi connectivity index (χ2v) is 4.20. The summed E-state index contributed by atoms with van der Waals surface area (Å²) in [6, 6.07) is 3.61. The lowest BCUT2D eigenvalue weighted by molar-refractivity contribution is 0.221. The highest BCUT2D eigenvalue weighted by atomic mass is 16.5. The molecule has 0 amide bonds. The maximum Gasteiger partial charge on any atom is 0.148 e. The molecule has 1 fully saturated rings. The van der Waals surface area contributed by atoms with E-state index in [4.69, 9.17) is 15.9 Å². The lowest BCUT2D eigenvalue weighted by atomic mass is 9.83. The van der Waals surface area contributed by atoms with Crippen molar-refractivity contribution in [1.29, 1.82) is 5.41 Å². The molecule has 0 spiro atoms. The summed E-state index contributed by atoms with van der Waals surface area (Å²) in [6.45, 7) is 0.691. The fourth-order valence-corrected chi connectivity index (χ4v) is 1.83. The van der Waals surface area contributed by atoms with Gasteiger partial charge in [-0.25, -0.2) is 4.98 Å². The van der Waals surface area contributed by atoms with E-state index in [2.05, 4.69) is 4.98 Å². The highest BCUT2D eigenvalue weighted by molar-refractivity contribution is 5.95. The molecule has 0 radical (unpaired) electrons. The van der Waals surface area contributed by atoms with Gasteiger partial charge in [-0.2, -0.15) is 0 Å². The number of aromatic nitrogens is 1. The first-order valence-corrected chi connectivity index (χ1v) is 5.69. The average molecular weight is 219 g/mol. The predicted molar refractivity (Wildman–Crippen MR) is 62.7 cm³/mol. The van der Waals surface area contributed by atoms with E-state index in [0.29, 0.717) is 18.1 Å². The van der Waals surface area contributed by atoms with Crippen molar-refractivity contribution in [2.45, 2.75) is 25.7 Å². The smallest absolute Gasteiger partial charge is 0.148 e. The van der Waals surface area contributed by atoms with Crippen molar-refractivity contribution in [3.05, 3.63) is 24.0 Å². The zero-order chi connectivity index (χ0) is 11.4. The number of nitrogens with two attached hydrogens (primary N) is 1. The van der Waals surface area contributed by atoms with Gasteiger partial charge < -0.3 is 10.5 Å². The predicted octanol–water partition coefficient (Wildman–Crippen LogP) is 1.93. The van der Waals surface area contributed by atoms with Gasteiger partial charge in [0.05, 0.1) is 6.61 Å². The standard InChI is InChI=1S/C12H17N3O/c13-12(14)11-10(5-2-7-15-11)16-8-6-9-3-1-4-9/h2,5,7,9H,1,3-4,6,8H2,(H3,13,14). The molecule has 0 unspecified atom stereocenters. The molecule has 4 heteroatoms. The number of nitrogens with one attached hydrogen (secondary N) is 1. The van der Waals surface area contributed by atoms with E-state index in [9.17, 15) is 0 Å². The summed E-state index contributed by atoms with van der Waals surface area (Å²) in [5.41, 5.74) is 5.87. The molecule has 4 nitrogen and oxygen atoms in total. The molecule has 2 rings (SSSR count). The van der Waals surface area contributed by atoms with Crippen LogP contribution in [0.25, 0.3) is 0 Å². The third-order valence-electron chi connectivity index (χ3n) is 3.03. The fourth-order valence-electron chi connectivity index (χ4n) is 1.83. The SMILES string of the molecule is N=C(N)c1ncccc1OCCC1CCC1. The number of hydrogen-bond acceptors (Lipinski definition) is 3. The van der Waals surface area contributed by atoms with Crippen LogP contribution in [0.15, 0.2) is 18.3 Å². The van der Waals surface area contributed by atoms with Gasteiger partial charge in [0.2, 0.25) is 0 Å². The molecule has 0 saturated heterocycles. The number of ether oxygens (including phenoxy) is 1. The second-order valence-electron chi connectivity index (χ2n) is 4.20. The van der Waals surface area contributed by atoms with Crippen LogP contribution in [0, 0.1) is 11.3 Å². The normalized spacial score (nSPS) is 15.5. The van der Waals surface area contributed by atoms with E-state index in [0.717, 1.165) is 12.3 Å². The number of amidine groups is 1. The summed E-state index contributed by atoms with van der Waals surface area (Å²) in [4.78, 5) is 4.04. The van der Waals surface area contributed by atoms with Gasteiger partial charge in [0.15, 0.2) is 0 Å². The third-order valence-corrected chi connectivity index (χ3v) is 3.03. The highest BCUT2D eigenvalue weighted by Gasteiger charge is 2.17. The first-order valence-electron chi connectivity index (χ1n) is 5.69. The van der Waals surface area contributed by atoms with Gasteiger partial charge in [0, 0.05) is 6.20 Å². The van der Waals surface area contributed by atoms with Crippen LogP contribution in [-0.2, 0) is 0 Å². The van der Waals surface area contributed by atoms with Crippen LogP contribution in [-0.4, -0.2) is 17.4 Å². The van der Waals surface area contributed by atoms with Gasteiger partial charge in [0.25, 0.3) is 0 Å². The van der Waals surface area contributed by atoms with Crippen molar-refractivity contribution in [1.82, 2.24) is 4.98 Å². The monoisotopic (exact) mass is 219 g/mol. The minimum atomic E-state index is -0.0424. The van der Waals surface area contributed by atoms with Crippen molar-refractivity contribution >= 4 is 5.84 Å². The number of pyridine rings is 1. The van der Waals surface area contributed by atoms with Crippen LogP contribution < -0.4 is 10.5 Å². The molecule has 0 atom stereocenters. The molecule has 3 N–H and O–H groups in total. The van der Waals surface area contributed by atoms with E-state index in [1.54, 1.807) is 12.3 Å². The van der Waals surface area contributed by atoms with Gasteiger partial charge in [-0.3, -0.25) is 5.41 Å². The number of rotatable bonds is 5. The molecular weight excluding hydrogens is 202 g/mol. The van der Waals surface area contributed by atoms with Crippen molar-refractivity contribution in [3.8, 4) is 5.75 Å². The molecule has 0 bridgehead atoms. The lowest BCUT2D eigenvalue weighted by Gasteiger charge is -2.25. The van der Waals surface area contributed by atoms with Crippen LogP contribution in [0.2, 0.25) is 0 Å². The number of nitrogens with zero attached hydrogens (tertiary/aromatic N) is 1. The molecule has 16 heavy (non-hydrogen) atoms. The maximum atomic E-state index is 7.38. The Balaban J connectivity index is 1.89. The molecule has 1 aliphatic carbocycles. The highest BCUT2D eigenvalue weighted by Crippen LogP contribution is 2.29. The molecule has 1 aromatic heterocycles. The van der Waals surface area contributed by atoms with Crippen LogP contribution in [0.3, 0.4) is 0 Å². The Labute approximate surface area is 95.3 Å². The van der Waals surface area contributed by atoms with E-state index in [1.165, 1.54) is 19.3 Å². The van der Waals surface area contributed by atoms with E-state index >= 15 is 0 Å². The Morgan fingerprint density at radius 3 is 3.00 bits per heavy atom.